The van der Waals surface area contributed by atoms with E-state index in [-0.39, 0.29) is 5.69 Å². The van der Waals surface area contributed by atoms with E-state index in [0.29, 0.717) is 15.5 Å². The van der Waals surface area contributed by atoms with Crippen molar-refractivity contribution in [1.29, 1.82) is 0 Å². The van der Waals surface area contributed by atoms with Crippen LogP contribution in [0.4, 0.5) is 29.1 Å². The Morgan fingerprint density at radius 3 is 2.58 bits per heavy atom. The molecule has 0 saturated heterocycles. The molecular formula is C11H6F4IN3. The van der Waals surface area contributed by atoms with E-state index in [1.54, 1.807) is 0 Å². The van der Waals surface area contributed by atoms with E-state index in [0.717, 1.165) is 6.07 Å². The fourth-order valence-electron chi connectivity index (χ4n) is 1.36. The lowest BCUT2D eigenvalue weighted by molar-refractivity contribution is -0.139. The van der Waals surface area contributed by atoms with Crippen LogP contribution in [0.5, 0.6) is 0 Å². The van der Waals surface area contributed by atoms with Gasteiger partial charge in [-0.2, -0.15) is 13.2 Å². The van der Waals surface area contributed by atoms with Gasteiger partial charge in [-0.15, -0.1) is 0 Å². The van der Waals surface area contributed by atoms with Crippen molar-refractivity contribution in [1.82, 2.24) is 9.97 Å². The molecule has 0 saturated carbocycles. The molecule has 3 nitrogen and oxygen atoms in total. The summed E-state index contributed by atoms with van der Waals surface area (Å²) in [7, 11) is 0. The molecule has 1 N–H and O–H groups in total. The molecule has 0 bridgehead atoms. The predicted molar refractivity (Wildman–Crippen MR) is 69.4 cm³/mol. The van der Waals surface area contributed by atoms with Gasteiger partial charge in [0.05, 0.1) is 9.13 Å². The van der Waals surface area contributed by atoms with Gasteiger partial charge in [-0.3, -0.25) is 0 Å². The Bertz CT molecular complexity index is 601. The molecule has 100 valence electrons. The molecule has 19 heavy (non-hydrogen) atoms. The van der Waals surface area contributed by atoms with Gasteiger partial charge >= 0.3 is 6.18 Å². The predicted octanol–water partition coefficient (Wildman–Crippen LogP) is 3.98. The zero-order valence-electron chi connectivity index (χ0n) is 9.17. The molecule has 0 unspecified atom stereocenters. The Balaban J connectivity index is 2.35. The number of anilines is 2. The molecule has 0 aliphatic carbocycles. The third-order valence-corrected chi connectivity index (χ3v) is 2.99. The van der Waals surface area contributed by atoms with Crippen molar-refractivity contribution in [2.75, 3.05) is 5.32 Å². The maximum absolute atomic E-state index is 13.1. The molecule has 0 radical (unpaired) electrons. The molecule has 0 fully saturated rings. The van der Waals surface area contributed by atoms with Gasteiger partial charge in [0, 0.05) is 11.9 Å². The highest BCUT2D eigenvalue weighted by molar-refractivity contribution is 14.1. The number of benzene rings is 1. The highest BCUT2D eigenvalue weighted by Crippen LogP contribution is 2.33. The lowest BCUT2D eigenvalue weighted by atomic mass is 10.2. The lowest BCUT2D eigenvalue weighted by Gasteiger charge is -2.11. The fraction of sp³-hybridized carbons (Fsp3) is 0.0909. The zero-order chi connectivity index (χ0) is 14.0. The number of rotatable bonds is 2. The van der Waals surface area contributed by atoms with Crippen LogP contribution in [0, 0.1) is 9.39 Å². The average molecular weight is 383 g/mol. The first-order valence-corrected chi connectivity index (χ1v) is 6.05. The summed E-state index contributed by atoms with van der Waals surface area (Å²) in [5.41, 5.74) is -1.22. The molecule has 1 heterocycles. The summed E-state index contributed by atoms with van der Waals surface area (Å²) in [5.74, 6) is -0.953. The number of hydrogen-bond acceptors (Lipinski definition) is 3. The summed E-state index contributed by atoms with van der Waals surface area (Å²) in [6.07, 6.45) is -1.97. The Hall–Kier alpha value is -1.45. The molecule has 8 heteroatoms. The van der Waals surface area contributed by atoms with Crippen molar-refractivity contribution in [3.05, 3.63) is 45.7 Å². The van der Waals surface area contributed by atoms with E-state index in [1.165, 1.54) is 18.6 Å². The quantitative estimate of drug-likeness (QED) is 0.630. The van der Waals surface area contributed by atoms with Gasteiger partial charge in [0.1, 0.15) is 18.0 Å². The van der Waals surface area contributed by atoms with Gasteiger partial charge in [0.15, 0.2) is 0 Å². The Morgan fingerprint density at radius 1 is 1.21 bits per heavy atom. The van der Waals surface area contributed by atoms with Crippen LogP contribution in [0.3, 0.4) is 0 Å². The maximum atomic E-state index is 13.1. The number of halogens is 5. The third kappa shape index (κ3) is 3.31. The largest absolute Gasteiger partial charge is 0.419 e. The van der Waals surface area contributed by atoms with Gasteiger partial charge in [-0.1, -0.05) is 0 Å². The molecule has 0 spiro atoms. The number of alkyl halides is 3. The monoisotopic (exact) mass is 383 g/mol. The molecular weight excluding hydrogens is 377 g/mol. The fourth-order valence-corrected chi connectivity index (χ4v) is 1.80. The van der Waals surface area contributed by atoms with E-state index in [9.17, 15) is 17.6 Å². The minimum Gasteiger partial charge on any atom is -0.339 e. The van der Waals surface area contributed by atoms with Gasteiger partial charge in [0.25, 0.3) is 0 Å². The summed E-state index contributed by atoms with van der Waals surface area (Å²) in [6, 6.07) is 2.68. The number of nitrogens with one attached hydrogen (secondary N) is 1. The minimum absolute atomic E-state index is 0.102. The van der Waals surface area contributed by atoms with E-state index in [2.05, 4.69) is 15.3 Å². The van der Waals surface area contributed by atoms with Gasteiger partial charge in [-0.25, -0.2) is 14.4 Å². The van der Waals surface area contributed by atoms with Crippen LogP contribution in [0.15, 0.2) is 30.7 Å². The zero-order valence-corrected chi connectivity index (χ0v) is 11.3. The second-order valence-electron chi connectivity index (χ2n) is 3.54. The Kier molecular flexibility index (Phi) is 3.88. The van der Waals surface area contributed by atoms with Crippen LogP contribution in [-0.2, 0) is 6.18 Å². The Labute approximate surface area is 119 Å². The van der Waals surface area contributed by atoms with Gasteiger partial charge in [0.2, 0.25) is 0 Å². The average Bonchev–Trinajstić information content (AvgIpc) is 2.33. The first-order chi connectivity index (χ1) is 8.88. The van der Waals surface area contributed by atoms with E-state index in [1.807, 2.05) is 22.6 Å². The van der Waals surface area contributed by atoms with E-state index >= 15 is 0 Å². The highest BCUT2D eigenvalue weighted by atomic mass is 127. The van der Waals surface area contributed by atoms with Crippen LogP contribution in [0.1, 0.15) is 5.56 Å². The first kappa shape index (κ1) is 14.0. The summed E-state index contributed by atoms with van der Waals surface area (Å²) in [4.78, 5) is 7.64. The standard InChI is InChI=1S/C11H6F4IN3/c12-8-2-1-6(3-7(8)11(13,14)15)19-10-9(16)4-17-5-18-10/h1-5H,(H,17,18,19). The van der Waals surface area contributed by atoms with Crippen LogP contribution < -0.4 is 5.32 Å². The van der Waals surface area contributed by atoms with Crippen LogP contribution in [0.25, 0.3) is 0 Å². The van der Waals surface area contributed by atoms with Crippen molar-refractivity contribution < 1.29 is 17.6 Å². The van der Waals surface area contributed by atoms with E-state index in [4.69, 9.17) is 0 Å². The summed E-state index contributed by atoms with van der Waals surface area (Å²) >= 11 is 1.93. The van der Waals surface area contributed by atoms with Gasteiger partial charge in [-0.05, 0) is 40.8 Å². The third-order valence-electron chi connectivity index (χ3n) is 2.20. The van der Waals surface area contributed by atoms with Crippen molar-refractivity contribution in [3.8, 4) is 0 Å². The Morgan fingerprint density at radius 2 is 1.95 bits per heavy atom. The van der Waals surface area contributed by atoms with E-state index < -0.39 is 17.6 Å². The topological polar surface area (TPSA) is 37.8 Å². The summed E-state index contributed by atoms with van der Waals surface area (Å²) < 4.78 is 51.4. The summed E-state index contributed by atoms with van der Waals surface area (Å²) in [5, 5.41) is 2.69. The van der Waals surface area contributed by atoms with Crippen molar-refractivity contribution in [2.24, 2.45) is 0 Å². The second kappa shape index (κ2) is 5.27. The van der Waals surface area contributed by atoms with Crippen LogP contribution >= 0.6 is 22.6 Å². The smallest absolute Gasteiger partial charge is 0.339 e. The molecule has 0 aliphatic rings. The number of hydrogen-bond donors (Lipinski definition) is 1. The highest BCUT2D eigenvalue weighted by Gasteiger charge is 2.34. The molecule has 0 atom stereocenters. The lowest BCUT2D eigenvalue weighted by Crippen LogP contribution is -2.09. The molecule has 1 aromatic carbocycles. The van der Waals surface area contributed by atoms with Crippen molar-refractivity contribution in [3.63, 3.8) is 0 Å². The van der Waals surface area contributed by atoms with Gasteiger partial charge < -0.3 is 5.32 Å². The second-order valence-corrected chi connectivity index (χ2v) is 4.70. The number of aromatic nitrogens is 2. The normalized spacial score (nSPS) is 11.4. The molecule has 0 amide bonds. The molecule has 2 aromatic rings. The van der Waals surface area contributed by atoms with Crippen LogP contribution in [-0.4, -0.2) is 9.97 Å². The van der Waals surface area contributed by atoms with Crippen LogP contribution in [0.2, 0.25) is 0 Å². The molecule has 1 aromatic heterocycles. The maximum Gasteiger partial charge on any atom is 0.419 e. The molecule has 0 aliphatic heterocycles. The summed E-state index contributed by atoms with van der Waals surface area (Å²) in [6.45, 7) is 0. The number of nitrogens with zero attached hydrogens (tertiary/aromatic N) is 2. The SMILES string of the molecule is Fc1ccc(Nc2ncncc2I)cc1C(F)(F)F. The molecule has 2 rings (SSSR count). The van der Waals surface area contributed by atoms with Crippen molar-refractivity contribution in [2.45, 2.75) is 6.18 Å². The first-order valence-electron chi connectivity index (χ1n) is 4.97. The minimum atomic E-state index is -4.74. The van der Waals surface area contributed by atoms with Crippen molar-refractivity contribution >= 4 is 34.1 Å².